The third-order valence-electron chi connectivity index (χ3n) is 4.17. The first-order valence-corrected chi connectivity index (χ1v) is 9.40. The van der Waals surface area contributed by atoms with Crippen LogP contribution in [0.2, 0.25) is 0 Å². The van der Waals surface area contributed by atoms with E-state index in [9.17, 15) is 8.78 Å². The van der Waals surface area contributed by atoms with Gasteiger partial charge in [-0.1, -0.05) is 0 Å². The number of aliphatic imine (C=N–C) groups is 1. The van der Waals surface area contributed by atoms with Crippen molar-refractivity contribution in [2.24, 2.45) is 4.99 Å². The Labute approximate surface area is 146 Å². The van der Waals surface area contributed by atoms with E-state index >= 15 is 0 Å². The average Bonchev–Trinajstić information content (AvgIpc) is 2.61. The molecule has 0 amide bonds. The molecule has 0 spiro atoms. The summed E-state index contributed by atoms with van der Waals surface area (Å²) in [6.45, 7) is 5.06. The number of nitrogens with one attached hydrogen (secondary N) is 2. The maximum absolute atomic E-state index is 13.7. The zero-order valence-electron chi connectivity index (χ0n) is 14.2. The van der Waals surface area contributed by atoms with E-state index in [1.807, 2.05) is 18.7 Å². The predicted molar refractivity (Wildman–Crippen MR) is 95.5 cm³/mol. The highest BCUT2D eigenvalue weighted by Crippen LogP contribution is 2.32. The molecule has 2 rings (SSSR count). The summed E-state index contributed by atoms with van der Waals surface area (Å²) in [7, 11) is 0. The van der Waals surface area contributed by atoms with Gasteiger partial charge in [0.25, 0.3) is 0 Å². The van der Waals surface area contributed by atoms with Crippen molar-refractivity contribution in [1.82, 2.24) is 10.6 Å². The van der Waals surface area contributed by atoms with E-state index in [2.05, 4.69) is 21.9 Å². The molecule has 0 saturated carbocycles. The lowest BCUT2D eigenvalue weighted by atomic mass is 9.99. The standard InChI is InChI=1S/C17H25F2N3OS/c1-3-20-16(21-11-13-10-14(18)4-5-15(13)19)22-12-17(24-2)6-8-23-9-7-17/h4-5,10H,3,6-9,11-12H2,1-2H3,(H2,20,21,22). The quantitative estimate of drug-likeness (QED) is 0.607. The monoisotopic (exact) mass is 357 g/mol. The molecule has 1 aliphatic heterocycles. The Morgan fingerprint density at radius 3 is 2.71 bits per heavy atom. The predicted octanol–water partition coefficient (Wildman–Crippen LogP) is 2.93. The van der Waals surface area contributed by atoms with Crippen LogP contribution in [0.15, 0.2) is 23.2 Å². The molecule has 0 unspecified atom stereocenters. The summed E-state index contributed by atoms with van der Waals surface area (Å²) in [5.74, 6) is -0.287. The fourth-order valence-corrected chi connectivity index (χ4v) is 3.40. The van der Waals surface area contributed by atoms with Crippen molar-refractivity contribution < 1.29 is 13.5 Å². The highest BCUT2D eigenvalue weighted by atomic mass is 32.2. The van der Waals surface area contributed by atoms with Gasteiger partial charge in [-0.3, -0.25) is 0 Å². The van der Waals surface area contributed by atoms with Gasteiger partial charge in [0.15, 0.2) is 5.96 Å². The van der Waals surface area contributed by atoms with Crippen LogP contribution in [0.3, 0.4) is 0 Å². The van der Waals surface area contributed by atoms with Crippen molar-refractivity contribution >= 4 is 17.7 Å². The van der Waals surface area contributed by atoms with E-state index in [4.69, 9.17) is 4.74 Å². The summed E-state index contributed by atoms with van der Waals surface area (Å²) in [6.07, 6.45) is 4.08. The first-order chi connectivity index (χ1) is 11.6. The molecule has 0 aromatic heterocycles. The molecule has 0 radical (unpaired) electrons. The molecule has 1 aromatic carbocycles. The van der Waals surface area contributed by atoms with Crippen molar-refractivity contribution in [3.63, 3.8) is 0 Å². The molecule has 0 aliphatic carbocycles. The maximum Gasteiger partial charge on any atom is 0.191 e. The molecule has 24 heavy (non-hydrogen) atoms. The number of benzene rings is 1. The second-order valence-electron chi connectivity index (χ2n) is 5.78. The number of rotatable bonds is 6. The van der Waals surface area contributed by atoms with Crippen LogP contribution in [0.5, 0.6) is 0 Å². The van der Waals surface area contributed by atoms with Crippen molar-refractivity contribution in [2.75, 3.05) is 32.6 Å². The van der Waals surface area contributed by atoms with Crippen LogP contribution in [0, 0.1) is 11.6 Å². The first kappa shape index (κ1) is 19.0. The molecule has 7 heteroatoms. The molecule has 2 N–H and O–H groups in total. The SMILES string of the molecule is CCNC(=NCc1cc(F)ccc1F)NCC1(SC)CCOCC1. The fraction of sp³-hybridized carbons (Fsp3) is 0.588. The summed E-state index contributed by atoms with van der Waals surface area (Å²) >= 11 is 1.84. The van der Waals surface area contributed by atoms with Crippen LogP contribution in [0.1, 0.15) is 25.3 Å². The van der Waals surface area contributed by atoms with Gasteiger partial charge in [-0.25, -0.2) is 13.8 Å². The van der Waals surface area contributed by atoms with Gasteiger partial charge >= 0.3 is 0 Å². The molecule has 1 heterocycles. The lowest BCUT2D eigenvalue weighted by Gasteiger charge is -2.36. The van der Waals surface area contributed by atoms with Crippen molar-refractivity contribution in [1.29, 1.82) is 0 Å². The minimum atomic E-state index is -0.455. The van der Waals surface area contributed by atoms with Crippen LogP contribution in [-0.2, 0) is 11.3 Å². The topological polar surface area (TPSA) is 45.7 Å². The van der Waals surface area contributed by atoms with E-state index in [-0.39, 0.29) is 16.9 Å². The zero-order valence-corrected chi connectivity index (χ0v) is 15.0. The van der Waals surface area contributed by atoms with E-state index < -0.39 is 11.6 Å². The van der Waals surface area contributed by atoms with Crippen LogP contribution >= 0.6 is 11.8 Å². The van der Waals surface area contributed by atoms with Gasteiger partial charge in [0, 0.05) is 36.6 Å². The van der Waals surface area contributed by atoms with Gasteiger partial charge in [0.05, 0.1) is 6.54 Å². The second kappa shape index (κ2) is 9.22. The van der Waals surface area contributed by atoms with Gasteiger partial charge in [-0.05, 0) is 44.2 Å². The summed E-state index contributed by atoms with van der Waals surface area (Å²) in [5, 5.41) is 6.48. The fourth-order valence-electron chi connectivity index (χ4n) is 2.61. The third-order valence-corrected chi connectivity index (χ3v) is 5.59. The number of hydrogen-bond acceptors (Lipinski definition) is 3. The average molecular weight is 357 g/mol. The van der Waals surface area contributed by atoms with Gasteiger partial charge in [0.2, 0.25) is 0 Å². The summed E-state index contributed by atoms with van der Waals surface area (Å²) in [6, 6.07) is 3.43. The molecule has 1 saturated heterocycles. The number of nitrogens with zero attached hydrogens (tertiary/aromatic N) is 1. The van der Waals surface area contributed by atoms with Crippen molar-refractivity contribution in [3.05, 3.63) is 35.4 Å². The molecule has 1 fully saturated rings. The largest absolute Gasteiger partial charge is 0.381 e. The minimum absolute atomic E-state index is 0.0916. The Balaban J connectivity index is 2.01. The highest BCUT2D eigenvalue weighted by Gasteiger charge is 2.31. The lowest BCUT2D eigenvalue weighted by molar-refractivity contribution is 0.0783. The number of thioether (sulfide) groups is 1. The normalized spacial score (nSPS) is 17.6. The zero-order chi connectivity index (χ0) is 17.4. The van der Waals surface area contributed by atoms with Gasteiger partial charge in [-0.15, -0.1) is 0 Å². The van der Waals surface area contributed by atoms with E-state index in [0.29, 0.717) is 12.5 Å². The molecular formula is C17H25F2N3OS. The van der Waals surface area contributed by atoms with Crippen LogP contribution in [0.25, 0.3) is 0 Å². The van der Waals surface area contributed by atoms with Crippen LogP contribution < -0.4 is 10.6 Å². The number of guanidine groups is 1. The van der Waals surface area contributed by atoms with Crippen LogP contribution in [-0.4, -0.2) is 43.3 Å². The molecule has 1 aromatic rings. The van der Waals surface area contributed by atoms with Crippen molar-refractivity contribution in [2.45, 2.75) is 31.1 Å². The minimum Gasteiger partial charge on any atom is -0.381 e. The van der Waals surface area contributed by atoms with Crippen molar-refractivity contribution in [3.8, 4) is 0 Å². The van der Waals surface area contributed by atoms with Gasteiger partial charge in [0.1, 0.15) is 11.6 Å². The number of halogens is 2. The second-order valence-corrected chi connectivity index (χ2v) is 7.06. The molecule has 134 valence electrons. The lowest BCUT2D eigenvalue weighted by Crippen LogP contribution is -2.47. The molecular weight excluding hydrogens is 332 g/mol. The summed E-state index contributed by atoms with van der Waals surface area (Å²) < 4.78 is 32.5. The molecule has 4 nitrogen and oxygen atoms in total. The Bertz CT molecular complexity index is 563. The Morgan fingerprint density at radius 1 is 1.29 bits per heavy atom. The number of hydrogen-bond donors (Lipinski definition) is 2. The first-order valence-electron chi connectivity index (χ1n) is 8.17. The maximum atomic E-state index is 13.7. The summed E-state index contributed by atoms with van der Waals surface area (Å²) in [5.41, 5.74) is 0.248. The number of ether oxygens (including phenoxy) is 1. The van der Waals surface area contributed by atoms with Gasteiger partial charge in [-0.2, -0.15) is 11.8 Å². The Kier molecular flexibility index (Phi) is 7.30. The Hall–Kier alpha value is -1.34. The van der Waals surface area contributed by atoms with E-state index in [0.717, 1.165) is 44.7 Å². The third kappa shape index (κ3) is 5.34. The Morgan fingerprint density at radius 2 is 2.04 bits per heavy atom. The smallest absolute Gasteiger partial charge is 0.191 e. The highest BCUT2D eigenvalue weighted by molar-refractivity contribution is 8.00. The van der Waals surface area contributed by atoms with Crippen LogP contribution in [0.4, 0.5) is 8.78 Å². The van der Waals surface area contributed by atoms with Gasteiger partial charge < -0.3 is 15.4 Å². The molecule has 0 bridgehead atoms. The van der Waals surface area contributed by atoms with E-state index in [1.54, 1.807) is 0 Å². The van der Waals surface area contributed by atoms with E-state index in [1.165, 1.54) is 6.07 Å². The molecule has 1 aliphatic rings. The molecule has 0 atom stereocenters. The summed E-state index contributed by atoms with van der Waals surface area (Å²) in [4.78, 5) is 4.38.